The fraction of sp³-hybridized carbons (Fsp3) is 0.533. The van der Waals surface area contributed by atoms with E-state index in [0.717, 1.165) is 18.4 Å². The summed E-state index contributed by atoms with van der Waals surface area (Å²) in [5.74, 6) is 0.840. The van der Waals surface area contributed by atoms with Crippen LogP contribution in [0, 0.1) is 0 Å². The van der Waals surface area contributed by atoms with E-state index >= 15 is 0 Å². The highest BCUT2D eigenvalue weighted by molar-refractivity contribution is 5.77. The summed E-state index contributed by atoms with van der Waals surface area (Å²) in [6.45, 7) is 4.36. The molecule has 1 aromatic carbocycles. The molecular formula is C15H23NO4. The van der Waals surface area contributed by atoms with E-state index < -0.39 is 6.10 Å². The Hall–Kier alpha value is -1.75. The average molecular weight is 281 g/mol. The van der Waals surface area contributed by atoms with Crippen LogP contribution in [0.1, 0.15) is 38.4 Å². The van der Waals surface area contributed by atoms with Crippen LogP contribution in [0.4, 0.5) is 0 Å². The molecule has 0 aliphatic carbocycles. The zero-order valence-electron chi connectivity index (χ0n) is 12.3. The maximum absolute atomic E-state index is 11.5. The lowest BCUT2D eigenvalue weighted by Gasteiger charge is -2.13. The van der Waals surface area contributed by atoms with Gasteiger partial charge in [-0.05, 0) is 31.0 Å². The SMILES string of the molecule is CCCCNC(=O)COc1ccc([C@H](C)O)cc1OC. The summed E-state index contributed by atoms with van der Waals surface area (Å²) in [5.41, 5.74) is 0.738. The average Bonchev–Trinajstić information content (AvgIpc) is 2.45. The van der Waals surface area contributed by atoms with E-state index in [1.165, 1.54) is 7.11 Å². The number of hydrogen-bond acceptors (Lipinski definition) is 4. The standard InChI is InChI=1S/C15H23NO4/c1-4-5-8-16-15(18)10-20-13-7-6-12(11(2)17)9-14(13)19-3/h6-7,9,11,17H,4-5,8,10H2,1-3H3,(H,16,18)/t11-/m0/s1. The third-order valence-corrected chi connectivity index (χ3v) is 2.88. The van der Waals surface area contributed by atoms with Gasteiger partial charge in [-0.2, -0.15) is 0 Å². The van der Waals surface area contributed by atoms with E-state index in [9.17, 15) is 9.90 Å². The van der Waals surface area contributed by atoms with Crippen molar-refractivity contribution in [3.63, 3.8) is 0 Å². The largest absolute Gasteiger partial charge is 0.493 e. The minimum atomic E-state index is -0.574. The number of benzene rings is 1. The van der Waals surface area contributed by atoms with Gasteiger partial charge in [-0.15, -0.1) is 0 Å². The molecule has 0 unspecified atom stereocenters. The Labute approximate surface area is 119 Å². The fourth-order valence-corrected chi connectivity index (χ4v) is 1.66. The molecule has 1 atom stereocenters. The molecule has 0 spiro atoms. The van der Waals surface area contributed by atoms with Crippen molar-refractivity contribution in [2.45, 2.75) is 32.8 Å². The van der Waals surface area contributed by atoms with Gasteiger partial charge in [0.2, 0.25) is 0 Å². The van der Waals surface area contributed by atoms with Crippen LogP contribution >= 0.6 is 0 Å². The van der Waals surface area contributed by atoms with E-state index in [1.54, 1.807) is 25.1 Å². The van der Waals surface area contributed by atoms with E-state index in [2.05, 4.69) is 12.2 Å². The number of nitrogens with one attached hydrogen (secondary N) is 1. The Morgan fingerprint density at radius 3 is 2.75 bits per heavy atom. The number of carbonyl (C=O) groups is 1. The third kappa shape index (κ3) is 5.09. The first-order valence-electron chi connectivity index (χ1n) is 6.84. The van der Waals surface area contributed by atoms with Crippen LogP contribution in [0.5, 0.6) is 11.5 Å². The fourth-order valence-electron chi connectivity index (χ4n) is 1.66. The highest BCUT2D eigenvalue weighted by atomic mass is 16.5. The molecule has 0 aromatic heterocycles. The lowest BCUT2D eigenvalue weighted by atomic mass is 10.1. The molecule has 0 aliphatic rings. The predicted molar refractivity (Wildman–Crippen MR) is 77.0 cm³/mol. The predicted octanol–water partition coefficient (Wildman–Crippen LogP) is 2.04. The van der Waals surface area contributed by atoms with Crippen LogP contribution in [0.3, 0.4) is 0 Å². The zero-order chi connectivity index (χ0) is 15.0. The normalized spacial score (nSPS) is 11.8. The van der Waals surface area contributed by atoms with Gasteiger partial charge in [0.05, 0.1) is 13.2 Å². The smallest absolute Gasteiger partial charge is 0.257 e. The highest BCUT2D eigenvalue weighted by Crippen LogP contribution is 2.30. The molecule has 20 heavy (non-hydrogen) atoms. The molecule has 0 heterocycles. The minimum absolute atomic E-state index is 0.0475. The van der Waals surface area contributed by atoms with Crippen LogP contribution in [0.2, 0.25) is 0 Å². The van der Waals surface area contributed by atoms with Crippen molar-refractivity contribution in [2.24, 2.45) is 0 Å². The van der Waals surface area contributed by atoms with E-state index in [1.807, 2.05) is 0 Å². The molecule has 0 saturated carbocycles. The number of aliphatic hydroxyl groups excluding tert-OH is 1. The highest BCUT2D eigenvalue weighted by Gasteiger charge is 2.10. The van der Waals surface area contributed by atoms with Gasteiger partial charge in [-0.3, -0.25) is 4.79 Å². The molecule has 1 amide bonds. The van der Waals surface area contributed by atoms with Gasteiger partial charge in [0.1, 0.15) is 0 Å². The van der Waals surface area contributed by atoms with Crippen molar-refractivity contribution in [1.82, 2.24) is 5.32 Å². The first-order valence-corrected chi connectivity index (χ1v) is 6.84. The second-order valence-electron chi connectivity index (χ2n) is 4.58. The Morgan fingerprint density at radius 2 is 2.15 bits per heavy atom. The monoisotopic (exact) mass is 281 g/mol. The second kappa shape index (κ2) is 8.43. The molecule has 5 nitrogen and oxygen atoms in total. The summed E-state index contributed by atoms with van der Waals surface area (Å²) in [6, 6.07) is 5.15. The van der Waals surface area contributed by atoms with Gasteiger partial charge in [-0.25, -0.2) is 0 Å². The minimum Gasteiger partial charge on any atom is -0.493 e. The molecule has 0 saturated heterocycles. The van der Waals surface area contributed by atoms with Gasteiger partial charge < -0.3 is 19.9 Å². The summed E-state index contributed by atoms with van der Waals surface area (Å²) in [7, 11) is 1.52. The van der Waals surface area contributed by atoms with Crippen molar-refractivity contribution >= 4 is 5.91 Å². The van der Waals surface area contributed by atoms with Gasteiger partial charge in [-0.1, -0.05) is 19.4 Å². The van der Waals surface area contributed by atoms with Crippen molar-refractivity contribution in [3.8, 4) is 11.5 Å². The van der Waals surface area contributed by atoms with Crippen LogP contribution in [0.15, 0.2) is 18.2 Å². The summed E-state index contributed by atoms with van der Waals surface area (Å²) in [6.07, 6.45) is 1.42. The number of ether oxygens (including phenoxy) is 2. The maximum atomic E-state index is 11.5. The number of carbonyl (C=O) groups excluding carboxylic acids is 1. The number of rotatable bonds is 8. The first kappa shape index (κ1) is 16.3. The molecule has 1 aromatic rings. The number of aliphatic hydroxyl groups is 1. The quantitative estimate of drug-likeness (QED) is 0.716. The molecule has 0 bridgehead atoms. The molecule has 0 fully saturated rings. The summed E-state index contributed by atoms with van der Waals surface area (Å²) in [5, 5.41) is 12.3. The first-order chi connectivity index (χ1) is 9.58. The summed E-state index contributed by atoms with van der Waals surface area (Å²) >= 11 is 0. The number of amides is 1. The van der Waals surface area contributed by atoms with Crippen molar-refractivity contribution < 1.29 is 19.4 Å². The topological polar surface area (TPSA) is 67.8 Å². The zero-order valence-corrected chi connectivity index (χ0v) is 12.3. The number of hydrogen-bond donors (Lipinski definition) is 2. The van der Waals surface area contributed by atoms with Crippen molar-refractivity contribution in [2.75, 3.05) is 20.3 Å². The summed E-state index contributed by atoms with van der Waals surface area (Å²) < 4.78 is 10.6. The Kier molecular flexibility index (Phi) is 6.87. The van der Waals surface area contributed by atoms with Crippen LogP contribution in [0.25, 0.3) is 0 Å². The Balaban J connectivity index is 2.57. The van der Waals surface area contributed by atoms with Gasteiger partial charge in [0.15, 0.2) is 18.1 Å². The number of methoxy groups -OCH3 is 1. The molecule has 5 heteroatoms. The number of unbranched alkanes of at least 4 members (excludes halogenated alkanes) is 1. The van der Waals surface area contributed by atoms with Crippen LogP contribution < -0.4 is 14.8 Å². The Bertz CT molecular complexity index is 432. The van der Waals surface area contributed by atoms with Crippen molar-refractivity contribution in [1.29, 1.82) is 0 Å². The lowest BCUT2D eigenvalue weighted by Crippen LogP contribution is -2.29. The molecular weight excluding hydrogens is 258 g/mol. The van der Waals surface area contributed by atoms with E-state index in [4.69, 9.17) is 9.47 Å². The van der Waals surface area contributed by atoms with E-state index in [0.29, 0.717) is 18.0 Å². The van der Waals surface area contributed by atoms with Crippen LogP contribution in [-0.4, -0.2) is 31.3 Å². The molecule has 1 rings (SSSR count). The van der Waals surface area contributed by atoms with Gasteiger partial charge >= 0.3 is 0 Å². The maximum Gasteiger partial charge on any atom is 0.257 e. The van der Waals surface area contributed by atoms with E-state index in [-0.39, 0.29) is 12.5 Å². The van der Waals surface area contributed by atoms with Crippen molar-refractivity contribution in [3.05, 3.63) is 23.8 Å². The van der Waals surface area contributed by atoms with Gasteiger partial charge in [0.25, 0.3) is 5.91 Å². The third-order valence-electron chi connectivity index (χ3n) is 2.88. The Morgan fingerprint density at radius 1 is 1.40 bits per heavy atom. The molecule has 112 valence electrons. The second-order valence-corrected chi connectivity index (χ2v) is 4.58. The summed E-state index contributed by atoms with van der Waals surface area (Å²) in [4.78, 5) is 11.5. The van der Waals surface area contributed by atoms with Crippen LogP contribution in [-0.2, 0) is 4.79 Å². The molecule has 2 N–H and O–H groups in total. The lowest BCUT2D eigenvalue weighted by molar-refractivity contribution is -0.123. The van der Waals surface area contributed by atoms with Gasteiger partial charge in [0, 0.05) is 6.54 Å². The molecule has 0 aliphatic heterocycles. The molecule has 0 radical (unpaired) electrons.